The first-order valence-electron chi connectivity index (χ1n) is 7.77. The minimum absolute atomic E-state index is 0.224. The van der Waals surface area contributed by atoms with Crippen LogP contribution in [0, 0.1) is 23.1 Å². The molecule has 1 aromatic rings. The highest BCUT2D eigenvalue weighted by atomic mass is 35.5. The number of hydrogen-bond acceptors (Lipinski definition) is 1. The summed E-state index contributed by atoms with van der Waals surface area (Å²) in [6, 6.07) is 5.31. The largest absolute Gasteiger partial charge is 0.316 e. The molecule has 0 heterocycles. The summed E-state index contributed by atoms with van der Waals surface area (Å²) in [7, 11) is 0. The molecule has 3 heteroatoms. The molecule has 0 spiro atoms. The van der Waals surface area contributed by atoms with Gasteiger partial charge in [-0.05, 0) is 67.2 Å². The molecule has 2 saturated carbocycles. The molecule has 0 radical (unpaired) electrons. The van der Waals surface area contributed by atoms with E-state index in [1.807, 2.05) is 6.07 Å². The van der Waals surface area contributed by atoms with Crippen molar-refractivity contribution >= 4 is 11.6 Å². The van der Waals surface area contributed by atoms with Crippen LogP contribution in [-0.2, 0) is 6.42 Å². The van der Waals surface area contributed by atoms with Gasteiger partial charge in [-0.2, -0.15) is 0 Å². The monoisotopic (exact) mass is 295 g/mol. The van der Waals surface area contributed by atoms with Crippen LogP contribution in [-0.4, -0.2) is 13.1 Å². The van der Waals surface area contributed by atoms with E-state index in [2.05, 4.69) is 12.2 Å². The molecule has 3 atom stereocenters. The molecular weight excluding hydrogens is 273 g/mol. The van der Waals surface area contributed by atoms with Crippen LogP contribution in [0.25, 0.3) is 0 Å². The first kappa shape index (κ1) is 14.3. The topological polar surface area (TPSA) is 12.0 Å². The summed E-state index contributed by atoms with van der Waals surface area (Å²) >= 11 is 5.79. The first-order valence-corrected chi connectivity index (χ1v) is 8.15. The van der Waals surface area contributed by atoms with Crippen LogP contribution in [0.15, 0.2) is 18.2 Å². The van der Waals surface area contributed by atoms with Crippen molar-refractivity contribution in [3.05, 3.63) is 34.6 Å². The second-order valence-electron chi connectivity index (χ2n) is 6.65. The highest BCUT2D eigenvalue weighted by molar-refractivity contribution is 6.30. The minimum atomic E-state index is -0.286. The van der Waals surface area contributed by atoms with Crippen LogP contribution >= 0.6 is 11.6 Å². The zero-order valence-electron chi connectivity index (χ0n) is 12.1. The second kappa shape index (κ2) is 5.65. The van der Waals surface area contributed by atoms with Crippen molar-refractivity contribution in [3.63, 3.8) is 0 Å². The molecular formula is C17H23ClFN. The number of fused-ring (bicyclic) bond motifs is 2. The average Bonchev–Trinajstić information content (AvgIpc) is 3.02. The highest BCUT2D eigenvalue weighted by Gasteiger charge is 2.50. The Bertz CT molecular complexity index is 490. The van der Waals surface area contributed by atoms with E-state index < -0.39 is 0 Å². The van der Waals surface area contributed by atoms with Crippen LogP contribution in [0.1, 0.15) is 38.2 Å². The Morgan fingerprint density at radius 3 is 2.85 bits per heavy atom. The van der Waals surface area contributed by atoms with Gasteiger partial charge in [0.25, 0.3) is 0 Å². The Kier molecular flexibility index (Phi) is 4.05. The molecule has 2 aliphatic rings. The summed E-state index contributed by atoms with van der Waals surface area (Å²) < 4.78 is 13.7. The predicted octanol–water partition coefficient (Wildman–Crippen LogP) is 4.44. The molecule has 3 rings (SSSR count). The predicted molar refractivity (Wildman–Crippen MR) is 81.5 cm³/mol. The van der Waals surface area contributed by atoms with Crippen molar-refractivity contribution in [1.82, 2.24) is 5.32 Å². The Labute approximate surface area is 125 Å². The van der Waals surface area contributed by atoms with Crippen molar-refractivity contribution < 1.29 is 4.39 Å². The van der Waals surface area contributed by atoms with Gasteiger partial charge in [0, 0.05) is 6.54 Å². The van der Waals surface area contributed by atoms with E-state index in [0.717, 1.165) is 36.9 Å². The summed E-state index contributed by atoms with van der Waals surface area (Å²) in [5, 5.41) is 3.77. The molecule has 0 aliphatic heterocycles. The Hall–Kier alpha value is -0.600. The summed E-state index contributed by atoms with van der Waals surface area (Å²) in [6.45, 7) is 4.23. The molecule has 1 N–H and O–H groups in total. The molecule has 2 aliphatic carbocycles. The van der Waals surface area contributed by atoms with Crippen molar-refractivity contribution in [1.29, 1.82) is 0 Å². The van der Waals surface area contributed by atoms with E-state index in [4.69, 9.17) is 11.6 Å². The molecule has 2 bridgehead atoms. The maximum absolute atomic E-state index is 13.7. The maximum atomic E-state index is 13.7. The van der Waals surface area contributed by atoms with Crippen LogP contribution in [0.4, 0.5) is 4.39 Å². The van der Waals surface area contributed by atoms with Crippen molar-refractivity contribution in [2.45, 2.75) is 39.0 Å². The summed E-state index contributed by atoms with van der Waals surface area (Å²) in [4.78, 5) is 0. The Morgan fingerprint density at radius 2 is 2.25 bits per heavy atom. The molecule has 3 unspecified atom stereocenters. The lowest BCUT2D eigenvalue weighted by atomic mass is 9.69. The van der Waals surface area contributed by atoms with Crippen LogP contribution < -0.4 is 5.32 Å². The van der Waals surface area contributed by atoms with Gasteiger partial charge >= 0.3 is 0 Å². The third-order valence-corrected chi connectivity index (χ3v) is 5.68. The quantitative estimate of drug-likeness (QED) is 0.847. The summed E-state index contributed by atoms with van der Waals surface area (Å²) in [6.07, 6.45) is 6.41. The molecule has 20 heavy (non-hydrogen) atoms. The van der Waals surface area contributed by atoms with Crippen LogP contribution in [0.3, 0.4) is 0 Å². The average molecular weight is 296 g/mol. The van der Waals surface area contributed by atoms with Gasteiger partial charge in [-0.3, -0.25) is 0 Å². The zero-order valence-corrected chi connectivity index (χ0v) is 12.8. The molecule has 1 aromatic carbocycles. The van der Waals surface area contributed by atoms with E-state index in [-0.39, 0.29) is 10.8 Å². The number of halogens is 2. The van der Waals surface area contributed by atoms with E-state index in [1.54, 1.807) is 12.1 Å². The second-order valence-corrected chi connectivity index (χ2v) is 7.06. The molecule has 0 aromatic heterocycles. The van der Waals surface area contributed by atoms with Gasteiger partial charge in [0.1, 0.15) is 5.82 Å². The third kappa shape index (κ3) is 2.60. The first-order chi connectivity index (χ1) is 9.63. The number of hydrogen-bond donors (Lipinski definition) is 1. The Morgan fingerprint density at radius 1 is 1.40 bits per heavy atom. The Balaban J connectivity index is 1.81. The number of rotatable bonds is 5. The van der Waals surface area contributed by atoms with Gasteiger partial charge in [0.2, 0.25) is 0 Å². The summed E-state index contributed by atoms with van der Waals surface area (Å²) in [5.41, 5.74) is 1.43. The number of benzene rings is 1. The van der Waals surface area contributed by atoms with E-state index in [0.29, 0.717) is 5.41 Å². The fraction of sp³-hybridized carbons (Fsp3) is 0.647. The molecule has 1 nitrogen and oxygen atoms in total. The zero-order chi connectivity index (χ0) is 14.2. The molecule has 0 saturated heterocycles. The third-order valence-electron chi connectivity index (χ3n) is 5.37. The minimum Gasteiger partial charge on any atom is -0.316 e. The van der Waals surface area contributed by atoms with Crippen molar-refractivity contribution in [3.8, 4) is 0 Å². The van der Waals surface area contributed by atoms with Gasteiger partial charge in [0.05, 0.1) is 5.02 Å². The lowest BCUT2D eigenvalue weighted by Crippen LogP contribution is -2.40. The van der Waals surface area contributed by atoms with Gasteiger partial charge in [-0.1, -0.05) is 31.0 Å². The maximum Gasteiger partial charge on any atom is 0.142 e. The van der Waals surface area contributed by atoms with E-state index in [1.165, 1.54) is 25.7 Å². The van der Waals surface area contributed by atoms with Crippen molar-refractivity contribution in [2.75, 3.05) is 13.1 Å². The van der Waals surface area contributed by atoms with Gasteiger partial charge < -0.3 is 5.32 Å². The van der Waals surface area contributed by atoms with Crippen LogP contribution in [0.2, 0.25) is 5.02 Å². The normalized spacial score (nSPS) is 31.9. The fourth-order valence-corrected chi connectivity index (χ4v) is 4.60. The van der Waals surface area contributed by atoms with Gasteiger partial charge in [-0.25, -0.2) is 4.39 Å². The van der Waals surface area contributed by atoms with E-state index >= 15 is 0 Å². The van der Waals surface area contributed by atoms with Gasteiger partial charge in [-0.15, -0.1) is 0 Å². The smallest absolute Gasteiger partial charge is 0.142 e. The van der Waals surface area contributed by atoms with Gasteiger partial charge in [0.15, 0.2) is 0 Å². The SMILES string of the molecule is CCNCC1(Cc2ccc(Cl)c(F)c2)CC2CCC1C2. The standard InChI is InChI=1S/C17H23ClFN/c1-2-20-11-17(9-12-3-5-14(17)7-12)10-13-4-6-15(18)16(19)8-13/h4,6,8,12,14,20H,2-3,5,7,9-11H2,1H3. The lowest BCUT2D eigenvalue weighted by Gasteiger charge is -2.38. The van der Waals surface area contributed by atoms with E-state index in [9.17, 15) is 4.39 Å². The number of nitrogens with one attached hydrogen (secondary N) is 1. The van der Waals surface area contributed by atoms with Crippen LogP contribution in [0.5, 0.6) is 0 Å². The molecule has 110 valence electrons. The highest BCUT2D eigenvalue weighted by Crippen LogP contribution is 2.57. The lowest BCUT2D eigenvalue weighted by molar-refractivity contribution is 0.157. The molecule has 0 amide bonds. The summed E-state index contributed by atoms with van der Waals surface area (Å²) in [5.74, 6) is 1.42. The van der Waals surface area contributed by atoms with Crippen molar-refractivity contribution in [2.24, 2.45) is 17.3 Å². The fourth-order valence-electron chi connectivity index (χ4n) is 4.48. The molecule has 2 fully saturated rings.